The molecule has 1 unspecified atom stereocenters. The van der Waals surface area contributed by atoms with Crippen LogP contribution in [0.3, 0.4) is 0 Å². The molecule has 2 heterocycles. The smallest absolute Gasteiger partial charge is 0.325 e. The second kappa shape index (κ2) is 4.19. The van der Waals surface area contributed by atoms with E-state index in [-0.39, 0.29) is 0 Å². The fourth-order valence-corrected chi connectivity index (χ4v) is 2.20. The highest BCUT2D eigenvalue weighted by molar-refractivity contribution is 5.77. The molecule has 0 fully saturated rings. The zero-order valence-corrected chi connectivity index (χ0v) is 9.42. The maximum atomic E-state index is 11.2. The van der Waals surface area contributed by atoms with Gasteiger partial charge in [-0.2, -0.15) is 0 Å². The van der Waals surface area contributed by atoms with E-state index >= 15 is 0 Å². The van der Waals surface area contributed by atoms with Gasteiger partial charge < -0.3 is 10.4 Å². The third kappa shape index (κ3) is 1.74. The Kier molecular flexibility index (Phi) is 2.52. The highest BCUT2D eigenvalue weighted by Crippen LogP contribution is 2.27. The first-order valence-corrected chi connectivity index (χ1v) is 5.59. The predicted molar refractivity (Wildman–Crippen MR) is 61.7 cm³/mol. The van der Waals surface area contributed by atoms with Gasteiger partial charge in [-0.05, 0) is 34.0 Å². The summed E-state index contributed by atoms with van der Waals surface area (Å²) in [6, 6.07) is 4.99. The molecule has 3 N–H and O–H groups in total. The fourth-order valence-electron chi connectivity index (χ4n) is 2.20. The van der Waals surface area contributed by atoms with E-state index in [0.29, 0.717) is 12.4 Å². The number of hydrogen-bond acceptors (Lipinski definition) is 5. The number of aromatic nitrogens is 4. The van der Waals surface area contributed by atoms with Crippen LogP contribution in [0.4, 0.5) is 0 Å². The molecule has 0 radical (unpaired) electrons. The fraction of sp³-hybridized carbons (Fsp3) is 0.273. The summed E-state index contributed by atoms with van der Waals surface area (Å²) in [5.41, 5.74) is 2.62. The van der Waals surface area contributed by atoms with E-state index in [9.17, 15) is 9.90 Å². The molecule has 2 aromatic rings. The van der Waals surface area contributed by atoms with Crippen molar-refractivity contribution in [1.82, 2.24) is 25.9 Å². The molecule has 1 atom stereocenters. The second-order valence-electron chi connectivity index (χ2n) is 4.14. The number of tetrazole rings is 1. The summed E-state index contributed by atoms with van der Waals surface area (Å²) in [6.45, 7) is 0.674. The van der Waals surface area contributed by atoms with Crippen LogP contribution in [0.5, 0.6) is 0 Å². The summed E-state index contributed by atoms with van der Waals surface area (Å²) in [5.74, 6) is -0.337. The van der Waals surface area contributed by atoms with Crippen LogP contribution < -0.4 is 5.32 Å². The van der Waals surface area contributed by atoms with E-state index in [1.54, 1.807) is 0 Å². The van der Waals surface area contributed by atoms with Crippen LogP contribution >= 0.6 is 0 Å². The molecule has 3 rings (SSSR count). The summed E-state index contributed by atoms with van der Waals surface area (Å²) < 4.78 is 0. The number of aromatic amines is 1. The van der Waals surface area contributed by atoms with Gasteiger partial charge in [0, 0.05) is 12.1 Å². The summed E-state index contributed by atoms with van der Waals surface area (Å²) in [7, 11) is 0. The molecule has 0 saturated carbocycles. The molecule has 7 nitrogen and oxygen atoms in total. The number of nitrogens with zero attached hydrogens (tertiary/aromatic N) is 3. The van der Waals surface area contributed by atoms with E-state index in [1.165, 1.54) is 0 Å². The van der Waals surface area contributed by atoms with Gasteiger partial charge in [0.1, 0.15) is 6.04 Å². The van der Waals surface area contributed by atoms with Gasteiger partial charge >= 0.3 is 5.97 Å². The van der Waals surface area contributed by atoms with E-state index in [4.69, 9.17) is 0 Å². The average molecular weight is 245 g/mol. The molecule has 0 saturated heterocycles. The Balaban J connectivity index is 2.07. The lowest BCUT2D eigenvalue weighted by atomic mass is 9.92. The predicted octanol–water partition coefficient (Wildman–Crippen LogP) is 0.138. The van der Waals surface area contributed by atoms with E-state index in [1.807, 2.05) is 18.2 Å². The Labute approximate surface area is 102 Å². The van der Waals surface area contributed by atoms with Crippen molar-refractivity contribution in [2.24, 2.45) is 0 Å². The van der Waals surface area contributed by atoms with Crippen molar-refractivity contribution in [2.45, 2.75) is 12.5 Å². The molecular formula is C11H11N5O2. The van der Waals surface area contributed by atoms with Crippen LogP contribution in [-0.2, 0) is 11.2 Å². The average Bonchev–Trinajstić information content (AvgIpc) is 2.91. The van der Waals surface area contributed by atoms with Gasteiger partial charge in [-0.1, -0.05) is 12.1 Å². The van der Waals surface area contributed by atoms with Crippen LogP contribution in [-0.4, -0.2) is 38.2 Å². The van der Waals surface area contributed by atoms with Gasteiger partial charge in [-0.15, -0.1) is 5.10 Å². The maximum Gasteiger partial charge on any atom is 0.325 e. The molecule has 0 bridgehead atoms. The van der Waals surface area contributed by atoms with Crippen LogP contribution in [0.25, 0.3) is 11.4 Å². The lowest BCUT2D eigenvalue weighted by molar-refractivity contribution is -0.139. The van der Waals surface area contributed by atoms with Crippen LogP contribution in [0.15, 0.2) is 18.2 Å². The molecule has 1 aromatic carbocycles. The molecule has 0 aliphatic carbocycles. The van der Waals surface area contributed by atoms with Gasteiger partial charge in [-0.25, -0.2) is 5.10 Å². The first-order valence-electron chi connectivity index (χ1n) is 5.59. The molecule has 7 heteroatoms. The molecule has 0 spiro atoms. The minimum Gasteiger partial charge on any atom is -0.480 e. The number of benzene rings is 1. The number of aliphatic carboxylic acids is 1. The molecule has 0 amide bonds. The van der Waals surface area contributed by atoms with Gasteiger partial charge in [0.2, 0.25) is 0 Å². The van der Waals surface area contributed by atoms with Crippen LogP contribution in [0, 0.1) is 0 Å². The molecule has 18 heavy (non-hydrogen) atoms. The molecule has 1 aliphatic rings. The summed E-state index contributed by atoms with van der Waals surface area (Å²) in [6.07, 6.45) is 0.827. The summed E-state index contributed by atoms with van der Waals surface area (Å²) >= 11 is 0. The Hall–Kier alpha value is -2.28. The number of carbonyl (C=O) groups is 1. The van der Waals surface area contributed by atoms with Crippen molar-refractivity contribution >= 4 is 5.97 Å². The van der Waals surface area contributed by atoms with Gasteiger partial charge in [0.25, 0.3) is 0 Å². The normalized spacial score (nSPS) is 18.3. The minimum absolute atomic E-state index is 0.535. The summed E-state index contributed by atoms with van der Waals surface area (Å²) in [5, 5.41) is 25.7. The topological polar surface area (TPSA) is 104 Å². The van der Waals surface area contributed by atoms with Gasteiger partial charge in [-0.3, -0.25) is 4.79 Å². The number of H-pyrrole nitrogens is 1. The third-order valence-electron chi connectivity index (χ3n) is 3.07. The third-order valence-corrected chi connectivity index (χ3v) is 3.07. The van der Waals surface area contributed by atoms with Crippen LogP contribution in [0.1, 0.15) is 17.2 Å². The minimum atomic E-state index is -0.871. The lowest BCUT2D eigenvalue weighted by Gasteiger charge is -2.24. The van der Waals surface area contributed by atoms with Crippen LogP contribution in [0.2, 0.25) is 0 Å². The summed E-state index contributed by atoms with van der Waals surface area (Å²) in [4.78, 5) is 11.2. The van der Waals surface area contributed by atoms with Crippen molar-refractivity contribution in [3.05, 3.63) is 29.3 Å². The molecule has 92 valence electrons. The molecule has 1 aromatic heterocycles. The van der Waals surface area contributed by atoms with Gasteiger partial charge in [0.05, 0.1) is 0 Å². The van der Waals surface area contributed by atoms with Crippen molar-refractivity contribution in [3.8, 4) is 11.4 Å². The largest absolute Gasteiger partial charge is 0.480 e. The number of fused-ring (bicyclic) bond motifs is 1. The zero-order valence-electron chi connectivity index (χ0n) is 9.42. The first kappa shape index (κ1) is 10.8. The van der Waals surface area contributed by atoms with Crippen molar-refractivity contribution in [1.29, 1.82) is 0 Å². The monoisotopic (exact) mass is 245 g/mol. The Morgan fingerprint density at radius 3 is 3.06 bits per heavy atom. The Bertz CT molecular complexity index is 581. The van der Waals surface area contributed by atoms with E-state index in [0.717, 1.165) is 23.1 Å². The number of rotatable bonds is 2. The highest BCUT2D eigenvalue weighted by atomic mass is 16.4. The van der Waals surface area contributed by atoms with E-state index in [2.05, 4.69) is 25.9 Å². The second-order valence-corrected chi connectivity index (χ2v) is 4.14. The quantitative estimate of drug-likeness (QED) is 0.695. The lowest BCUT2D eigenvalue weighted by Crippen LogP contribution is -2.35. The SMILES string of the molecule is O=C(O)C1NCCc2ccc(-c3nnn[nH]3)cc21. The first-order chi connectivity index (χ1) is 8.75. The van der Waals surface area contributed by atoms with E-state index < -0.39 is 12.0 Å². The number of carboxylic acids is 1. The van der Waals surface area contributed by atoms with Crippen molar-refractivity contribution in [3.63, 3.8) is 0 Å². The zero-order chi connectivity index (χ0) is 12.5. The Morgan fingerprint density at radius 1 is 1.44 bits per heavy atom. The standard InChI is InChI=1S/C11H11N5O2/c17-11(18)9-8-5-7(10-13-15-16-14-10)2-1-6(8)3-4-12-9/h1-2,5,9,12H,3-4H2,(H,17,18)(H,13,14,15,16). The van der Waals surface area contributed by atoms with Crippen molar-refractivity contribution in [2.75, 3.05) is 6.54 Å². The highest BCUT2D eigenvalue weighted by Gasteiger charge is 2.26. The molecular weight excluding hydrogens is 234 g/mol. The number of hydrogen-bond donors (Lipinski definition) is 3. The van der Waals surface area contributed by atoms with Gasteiger partial charge in [0.15, 0.2) is 5.82 Å². The maximum absolute atomic E-state index is 11.2. The number of nitrogens with one attached hydrogen (secondary N) is 2. The van der Waals surface area contributed by atoms with Crippen molar-refractivity contribution < 1.29 is 9.90 Å². The number of carboxylic acid groups (broad SMARTS) is 1. The molecule has 1 aliphatic heterocycles. The Morgan fingerprint density at radius 2 is 2.33 bits per heavy atom.